The number of benzene rings is 2. The molecule has 13 amide bonds. The molecule has 0 saturated carbocycles. The number of aliphatic hydroxyl groups is 3. The minimum Gasteiger partial charge on any atom is -0.480 e. The van der Waals surface area contributed by atoms with Crippen LogP contribution in [-0.4, -0.2) is 216 Å². The number of allylic oxidation sites excluding steroid dienone is 2. The van der Waals surface area contributed by atoms with Crippen LogP contribution in [0.4, 0.5) is 0 Å². The van der Waals surface area contributed by atoms with Crippen molar-refractivity contribution in [1.29, 1.82) is 0 Å². The maximum atomic E-state index is 14.2. The summed E-state index contributed by atoms with van der Waals surface area (Å²) < 4.78 is 0. The van der Waals surface area contributed by atoms with E-state index in [9.17, 15) is 97.5 Å². The fourth-order valence-electron chi connectivity index (χ4n) is 12.6. The van der Waals surface area contributed by atoms with Crippen molar-refractivity contribution in [2.24, 2.45) is 29.2 Å². The molecular weight excluding hydrogens is 1440 g/mol. The van der Waals surface area contributed by atoms with Gasteiger partial charge in [0, 0.05) is 55.7 Å². The van der Waals surface area contributed by atoms with Crippen LogP contribution in [0.25, 0.3) is 10.9 Å². The lowest BCUT2D eigenvalue weighted by atomic mass is 9.96. The fraction of sp³-hybridized carbons (Fsp3) is 0.597. The van der Waals surface area contributed by atoms with Crippen LogP contribution in [0.5, 0.6) is 0 Å². The number of primary amides is 2. The van der Waals surface area contributed by atoms with Gasteiger partial charge in [0.05, 0.1) is 25.2 Å². The Morgan fingerprint density at radius 1 is 0.514 bits per heavy atom. The standard InChI is InChI=1S/C77H116N14O20/c1-9-45(6)64(73(105)90-66(47(8)94)75(107)85-54(37-44(4)5)69(101)87-57(77(110)111)39-49-41-80-51-29-24-23-28-50(49)51)88-67(99)52(33-34-60(78)95)82-72(104)59-30-25-35-91(59)63(98)32-22-17-15-13-11-10-12-14-16-21-31-62(97)81-58(42-92)71(103)89-65(46(7)93)74(106)84-53(36-43(2)3)68(100)83-55(40-61(79)96)70(102)86-56(76(108)109)38-48-26-19-18-20-27-48/h10-11,18-20,23-24,26-29,41,43-47,52-59,64-66,80,92-94H,9,12-17,21-22,25,30-40,42H2,1-8H3,(H2,78,95)(H2,79,96)(H,81,97)(H,82,104)(H,83,100)(H,84,106)(H,85,107)(H,86,102)(H,87,101)(H,88,99)(H,89,103)(H,90,105)(H,108,109)(H,110,111)/b11-10+/t45-,46-,47+,52-,53+,54-,55+,56+,57-,58+,59-,64-,65+,66-/m0/s1. The lowest BCUT2D eigenvalue weighted by Crippen LogP contribution is -2.62. The number of aromatic nitrogens is 1. The summed E-state index contributed by atoms with van der Waals surface area (Å²) in [7, 11) is 0. The Morgan fingerprint density at radius 2 is 0.991 bits per heavy atom. The molecule has 0 radical (unpaired) electrons. The number of aliphatic carboxylic acids is 2. The second-order valence-electron chi connectivity index (χ2n) is 29.3. The summed E-state index contributed by atoms with van der Waals surface area (Å²) in [6, 6.07) is -0.331. The number of carbonyl (C=O) groups excluding carboxylic acids is 13. The number of H-pyrrole nitrogens is 1. The normalized spacial score (nSPS) is 16.3. The average molecular weight is 1560 g/mol. The number of nitrogens with zero attached hydrogens (tertiary/aromatic N) is 1. The molecular formula is C77H116N14O20. The number of rotatable bonds is 51. The van der Waals surface area contributed by atoms with E-state index in [0.29, 0.717) is 68.9 Å². The molecule has 0 unspecified atom stereocenters. The van der Waals surface area contributed by atoms with Crippen LogP contribution < -0.4 is 64.6 Å². The minimum absolute atomic E-state index is 0.0158. The van der Waals surface area contributed by atoms with Crippen molar-refractivity contribution in [2.75, 3.05) is 13.2 Å². The third-order valence-electron chi connectivity index (χ3n) is 19.0. The number of carbonyl (C=O) groups is 15. The molecule has 614 valence electrons. The summed E-state index contributed by atoms with van der Waals surface area (Å²) in [6.45, 7) is 12.2. The van der Waals surface area contributed by atoms with E-state index in [1.807, 2.05) is 30.4 Å². The van der Waals surface area contributed by atoms with Gasteiger partial charge in [-0.25, -0.2) is 9.59 Å². The quantitative estimate of drug-likeness (QED) is 0.0269. The number of aliphatic hydroxyl groups excluding tert-OH is 3. The van der Waals surface area contributed by atoms with E-state index < -0.39 is 180 Å². The molecule has 34 heteroatoms. The third kappa shape index (κ3) is 32.3. The lowest BCUT2D eigenvalue weighted by Gasteiger charge is -2.30. The monoisotopic (exact) mass is 1560 g/mol. The van der Waals surface area contributed by atoms with Crippen molar-refractivity contribution in [3.05, 3.63) is 84.1 Å². The molecule has 34 nitrogen and oxygen atoms in total. The van der Waals surface area contributed by atoms with Gasteiger partial charge in [0.25, 0.3) is 0 Å². The van der Waals surface area contributed by atoms with E-state index >= 15 is 0 Å². The number of carboxylic acid groups (broad SMARTS) is 2. The molecule has 0 aliphatic carbocycles. The minimum atomic E-state index is -1.72. The van der Waals surface area contributed by atoms with Gasteiger partial charge in [0.1, 0.15) is 66.5 Å². The molecule has 1 aliphatic rings. The number of hydrogen-bond acceptors (Lipinski definition) is 18. The predicted octanol–water partition coefficient (Wildman–Crippen LogP) is 0.452. The zero-order valence-corrected chi connectivity index (χ0v) is 64.7. The highest BCUT2D eigenvalue weighted by atomic mass is 16.4. The number of carboxylic acids is 2. The molecule has 1 saturated heterocycles. The lowest BCUT2D eigenvalue weighted by molar-refractivity contribution is -0.143. The summed E-state index contributed by atoms with van der Waals surface area (Å²) in [5.74, 6) is -14.8. The Bertz CT molecular complexity index is 3660. The fourth-order valence-corrected chi connectivity index (χ4v) is 12.6. The predicted molar refractivity (Wildman–Crippen MR) is 408 cm³/mol. The van der Waals surface area contributed by atoms with Gasteiger partial charge in [-0.2, -0.15) is 0 Å². The SMILES string of the molecule is CC[C@H](C)[C@H](NC(=O)[C@H](CCC(N)=O)NC(=O)[C@@H]1CCCN1C(=O)CCCCC/C=C/CCCCCC(=O)N[C@H](CO)C(=O)N[C@@H](C(=O)N[C@H](CC(C)C)C(=O)N[C@H](CC(N)=O)C(=O)N[C@H](Cc1ccccc1)C(=O)O)[C@H](C)O)C(=O)N[C@H](C(=O)N[C@@H](CC(C)C)C(=O)N[C@@H](Cc1c[nH]c2ccccc12)C(=O)O)[C@@H](C)O. The van der Waals surface area contributed by atoms with E-state index in [4.69, 9.17) is 11.5 Å². The van der Waals surface area contributed by atoms with Crippen molar-refractivity contribution < 1.29 is 97.5 Å². The number of para-hydroxylation sites is 1. The van der Waals surface area contributed by atoms with E-state index in [1.54, 1.807) is 84.1 Å². The van der Waals surface area contributed by atoms with Crippen molar-refractivity contribution in [2.45, 2.75) is 262 Å². The molecule has 3 aromatic rings. The highest BCUT2D eigenvalue weighted by molar-refractivity contribution is 6.00. The van der Waals surface area contributed by atoms with Crippen LogP contribution in [0.3, 0.4) is 0 Å². The average Bonchev–Trinajstić information content (AvgIpc) is 1.74. The highest BCUT2D eigenvalue weighted by Crippen LogP contribution is 2.23. The Kier molecular flexibility index (Phi) is 39.9. The number of amides is 13. The largest absolute Gasteiger partial charge is 0.480 e. The Balaban J connectivity index is 1.22. The Labute approximate surface area is 646 Å². The van der Waals surface area contributed by atoms with E-state index in [0.717, 1.165) is 17.3 Å². The number of likely N-dealkylation sites (tertiary alicyclic amines) is 1. The van der Waals surface area contributed by atoms with Crippen LogP contribution in [0, 0.1) is 17.8 Å². The molecule has 1 aromatic heterocycles. The second-order valence-corrected chi connectivity index (χ2v) is 29.3. The van der Waals surface area contributed by atoms with Crippen molar-refractivity contribution in [1.82, 2.24) is 63.1 Å². The first kappa shape index (κ1) is 93.0. The van der Waals surface area contributed by atoms with Crippen molar-refractivity contribution in [3.63, 3.8) is 0 Å². The molecule has 20 N–H and O–H groups in total. The van der Waals surface area contributed by atoms with Crippen LogP contribution in [0.2, 0.25) is 0 Å². The Hall–Kier alpha value is -10.4. The van der Waals surface area contributed by atoms with Gasteiger partial charge < -0.3 is 100 Å². The zero-order chi connectivity index (χ0) is 82.6. The summed E-state index contributed by atoms with van der Waals surface area (Å²) in [5.41, 5.74) is 12.8. The number of nitrogens with two attached hydrogens (primary N) is 2. The summed E-state index contributed by atoms with van der Waals surface area (Å²) in [5, 5.41) is 77.2. The second kappa shape index (κ2) is 47.7. The molecule has 111 heavy (non-hydrogen) atoms. The van der Waals surface area contributed by atoms with E-state index in [-0.39, 0.29) is 82.1 Å². The van der Waals surface area contributed by atoms with E-state index in [1.165, 1.54) is 18.7 Å². The smallest absolute Gasteiger partial charge is 0.326 e. The summed E-state index contributed by atoms with van der Waals surface area (Å²) >= 11 is 0. The maximum absolute atomic E-state index is 14.2. The topological polar surface area (TPSA) is 549 Å². The van der Waals surface area contributed by atoms with Crippen molar-refractivity contribution >= 4 is 99.6 Å². The molecule has 0 bridgehead atoms. The first-order valence-corrected chi connectivity index (χ1v) is 38.1. The van der Waals surface area contributed by atoms with Crippen LogP contribution in [0.1, 0.15) is 182 Å². The molecule has 0 spiro atoms. The number of unbranched alkanes of at least 4 members (excludes halogenated alkanes) is 6. The molecule has 2 heterocycles. The van der Waals surface area contributed by atoms with Gasteiger partial charge in [-0.05, 0) is 119 Å². The first-order valence-electron chi connectivity index (χ1n) is 38.1. The molecule has 2 aromatic carbocycles. The van der Waals surface area contributed by atoms with Crippen LogP contribution >= 0.6 is 0 Å². The van der Waals surface area contributed by atoms with Gasteiger partial charge in [-0.15, -0.1) is 0 Å². The zero-order valence-electron chi connectivity index (χ0n) is 64.7. The number of aromatic amines is 1. The molecule has 1 fully saturated rings. The van der Waals surface area contributed by atoms with Gasteiger partial charge in [-0.1, -0.05) is 121 Å². The van der Waals surface area contributed by atoms with Crippen molar-refractivity contribution in [3.8, 4) is 0 Å². The molecule has 1 aliphatic heterocycles. The van der Waals surface area contributed by atoms with Gasteiger partial charge in [0.15, 0.2) is 0 Å². The first-order chi connectivity index (χ1) is 52.5. The summed E-state index contributed by atoms with van der Waals surface area (Å²) in [4.78, 5) is 204. The van der Waals surface area contributed by atoms with Crippen LogP contribution in [-0.2, 0) is 84.8 Å². The molecule has 4 rings (SSSR count). The van der Waals surface area contributed by atoms with Gasteiger partial charge in [-0.3, -0.25) is 62.3 Å². The maximum Gasteiger partial charge on any atom is 0.326 e. The highest BCUT2D eigenvalue weighted by Gasteiger charge is 2.40. The van der Waals surface area contributed by atoms with Crippen LogP contribution in [0.15, 0.2) is 72.9 Å². The van der Waals surface area contributed by atoms with Gasteiger partial charge >= 0.3 is 11.9 Å². The number of fused-ring (bicyclic) bond motifs is 1. The summed E-state index contributed by atoms with van der Waals surface area (Å²) in [6.07, 6.45) is 7.29. The number of hydrogen-bond donors (Lipinski definition) is 18. The van der Waals surface area contributed by atoms with E-state index in [2.05, 4.69) is 58.2 Å². The molecule has 14 atom stereocenters. The third-order valence-corrected chi connectivity index (χ3v) is 19.0. The Morgan fingerprint density at radius 3 is 1.51 bits per heavy atom. The van der Waals surface area contributed by atoms with Gasteiger partial charge in [0.2, 0.25) is 76.8 Å². The number of nitrogens with one attached hydrogen (secondary N) is 11.